The molecular weight excluding hydrogens is 414 g/mol. The molecule has 0 unspecified atom stereocenters. The van der Waals surface area contributed by atoms with Crippen LogP contribution in [-0.2, 0) is 10.2 Å². The summed E-state index contributed by atoms with van der Waals surface area (Å²) in [4.78, 5) is 24.0. The van der Waals surface area contributed by atoms with Crippen molar-refractivity contribution in [3.8, 4) is 0 Å². The van der Waals surface area contributed by atoms with Gasteiger partial charge in [0.2, 0.25) is 5.95 Å². The Morgan fingerprint density at radius 3 is 2.21 bits per heavy atom. The second-order valence-electron chi connectivity index (χ2n) is 9.27. The molecule has 1 aromatic heterocycles. The van der Waals surface area contributed by atoms with E-state index in [2.05, 4.69) is 46.3 Å². The molecule has 2 N–H and O–H groups in total. The van der Waals surface area contributed by atoms with E-state index < -0.39 is 0 Å². The molecule has 0 bridgehead atoms. The maximum absolute atomic E-state index is 12.6. The number of anilines is 4. The molecule has 1 amide bonds. The van der Waals surface area contributed by atoms with Crippen molar-refractivity contribution in [3.63, 3.8) is 0 Å². The summed E-state index contributed by atoms with van der Waals surface area (Å²) in [6.07, 6.45) is 0. The van der Waals surface area contributed by atoms with Crippen LogP contribution in [0.25, 0.3) is 0 Å². The van der Waals surface area contributed by atoms with Gasteiger partial charge in [0.25, 0.3) is 5.91 Å². The third-order valence-electron chi connectivity index (χ3n) is 5.59. The van der Waals surface area contributed by atoms with Crippen molar-refractivity contribution in [1.82, 2.24) is 9.97 Å². The third kappa shape index (κ3) is 5.87. The molecule has 1 aliphatic heterocycles. The smallest absolute Gasteiger partial charge is 0.255 e. The van der Waals surface area contributed by atoms with Crippen LogP contribution in [0.1, 0.15) is 42.4 Å². The molecule has 0 radical (unpaired) electrons. The van der Waals surface area contributed by atoms with Crippen LogP contribution < -0.4 is 15.5 Å². The number of aryl methyl sites for hydroxylation is 1. The van der Waals surface area contributed by atoms with Gasteiger partial charge in [-0.15, -0.1) is 0 Å². The molecule has 0 atom stereocenters. The fraction of sp³-hybridized carbons (Fsp3) is 0.346. The Labute approximate surface area is 195 Å². The van der Waals surface area contributed by atoms with Crippen molar-refractivity contribution in [2.45, 2.75) is 33.1 Å². The molecule has 33 heavy (non-hydrogen) atoms. The average Bonchev–Trinajstić information content (AvgIpc) is 2.80. The van der Waals surface area contributed by atoms with Crippen molar-refractivity contribution in [2.75, 3.05) is 41.8 Å². The van der Waals surface area contributed by atoms with Crippen LogP contribution in [0.4, 0.5) is 23.1 Å². The summed E-state index contributed by atoms with van der Waals surface area (Å²) < 4.78 is 5.43. The first kappa shape index (κ1) is 22.7. The van der Waals surface area contributed by atoms with Gasteiger partial charge in [-0.05, 0) is 54.3 Å². The molecule has 2 heterocycles. The van der Waals surface area contributed by atoms with Crippen LogP contribution in [0.3, 0.4) is 0 Å². The van der Waals surface area contributed by atoms with Crippen LogP contribution >= 0.6 is 0 Å². The first-order chi connectivity index (χ1) is 15.8. The Morgan fingerprint density at radius 1 is 0.939 bits per heavy atom. The number of hydrogen-bond donors (Lipinski definition) is 2. The van der Waals surface area contributed by atoms with Gasteiger partial charge >= 0.3 is 0 Å². The summed E-state index contributed by atoms with van der Waals surface area (Å²) in [7, 11) is 0. The highest BCUT2D eigenvalue weighted by atomic mass is 16.5. The van der Waals surface area contributed by atoms with Gasteiger partial charge in [-0.25, -0.2) is 4.98 Å². The highest BCUT2D eigenvalue weighted by Crippen LogP contribution is 2.23. The zero-order valence-corrected chi connectivity index (χ0v) is 19.7. The van der Waals surface area contributed by atoms with Crippen LogP contribution in [0, 0.1) is 6.92 Å². The molecule has 1 aliphatic rings. The predicted molar refractivity (Wildman–Crippen MR) is 133 cm³/mol. The lowest BCUT2D eigenvalue weighted by molar-refractivity contribution is 0.102. The molecule has 1 fully saturated rings. The van der Waals surface area contributed by atoms with Gasteiger partial charge in [0.15, 0.2) is 0 Å². The van der Waals surface area contributed by atoms with E-state index in [4.69, 9.17) is 4.74 Å². The highest BCUT2D eigenvalue weighted by Gasteiger charge is 2.15. The monoisotopic (exact) mass is 445 g/mol. The van der Waals surface area contributed by atoms with E-state index in [0.717, 1.165) is 36.0 Å². The number of benzene rings is 2. The lowest BCUT2D eigenvalue weighted by Gasteiger charge is -2.28. The van der Waals surface area contributed by atoms with E-state index >= 15 is 0 Å². The maximum Gasteiger partial charge on any atom is 0.255 e. The number of morpholine rings is 1. The van der Waals surface area contributed by atoms with E-state index in [1.807, 2.05) is 61.5 Å². The summed E-state index contributed by atoms with van der Waals surface area (Å²) in [5, 5.41) is 6.22. The second kappa shape index (κ2) is 9.58. The molecule has 7 nitrogen and oxygen atoms in total. The van der Waals surface area contributed by atoms with Crippen molar-refractivity contribution < 1.29 is 9.53 Å². The van der Waals surface area contributed by atoms with Gasteiger partial charge in [-0.3, -0.25) is 4.79 Å². The molecule has 0 saturated carbocycles. The van der Waals surface area contributed by atoms with Gasteiger partial charge in [0.05, 0.1) is 13.2 Å². The number of carbonyl (C=O) groups is 1. The average molecular weight is 446 g/mol. The summed E-state index contributed by atoms with van der Waals surface area (Å²) >= 11 is 0. The van der Waals surface area contributed by atoms with Gasteiger partial charge in [0.1, 0.15) is 5.82 Å². The lowest BCUT2D eigenvalue weighted by Crippen LogP contribution is -2.36. The molecule has 172 valence electrons. The molecule has 7 heteroatoms. The number of aromatic nitrogens is 2. The number of rotatable bonds is 5. The SMILES string of the molecule is Cc1cc(N2CCOCC2)nc(Nc2ccc(NC(=O)c3ccc(C(C)(C)C)cc3)cc2)n1. The summed E-state index contributed by atoms with van der Waals surface area (Å²) in [5.74, 6) is 1.32. The number of ether oxygens (including phenoxy) is 1. The molecule has 0 aliphatic carbocycles. The Hall–Kier alpha value is -3.45. The molecule has 4 rings (SSSR count). The van der Waals surface area contributed by atoms with E-state index in [-0.39, 0.29) is 11.3 Å². The largest absolute Gasteiger partial charge is 0.378 e. The van der Waals surface area contributed by atoms with Crippen LogP contribution in [0.2, 0.25) is 0 Å². The maximum atomic E-state index is 12.6. The normalized spacial score (nSPS) is 14.1. The molecule has 2 aromatic carbocycles. The van der Waals surface area contributed by atoms with E-state index in [0.29, 0.717) is 24.7 Å². The first-order valence-corrected chi connectivity index (χ1v) is 11.3. The predicted octanol–water partition coefficient (Wildman–Crippen LogP) is 4.92. The van der Waals surface area contributed by atoms with Crippen molar-refractivity contribution in [2.24, 2.45) is 0 Å². The third-order valence-corrected chi connectivity index (χ3v) is 5.59. The molecule has 3 aromatic rings. The first-order valence-electron chi connectivity index (χ1n) is 11.3. The summed E-state index contributed by atoms with van der Waals surface area (Å²) in [6, 6.07) is 17.3. The Balaban J connectivity index is 1.40. The molecule has 1 saturated heterocycles. The van der Waals surface area contributed by atoms with Crippen molar-refractivity contribution in [1.29, 1.82) is 0 Å². The van der Waals surface area contributed by atoms with Crippen LogP contribution in [0.5, 0.6) is 0 Å². The fourth-order valence-corrected chi connectivity index (χ4v) is 3.65. The Kier molecular flexibility index (Phi) is 6.60. The zero-order valence-electron chi connectivity index (χ0n) is 19.7. The number of amides is 1. The quantitative estimate of drug-likeness (QED) is 0.581. The number of hydrogen-bond acceptors (Lipinski definition) is 6. The van der Waals surface area contributed by atoms with Crippen molar-refractivity contribution in [3.05, 3.63) is 71.4 Å². The number of nitrogens with one attached hydrogen (secondary N) is 2. The van der Waals surface area contributed by atoms with Crippen LogP contribution in [0.15, 0.2) is 54.6 Å². The minimum atomic E-state index is -0.131. The Morgan fingerprint density at radius 2 is 1.58 bits per heavy atom. The standard InChI is InChI=1S/C26H31N5O2/c1-18-17-23(31-13-15-33-16-14-31)30-25(27-18)29-22-11-9-21(10-12-22)28-24(32)19-5-7-20(8-6-19)26(2,3)4/h5-12,17H,13-16H2,1-4H3,(H,28,32)(H,27,29,30). The molecule has 0 spiro atoms. The number of nitrogens with zero attached hydrogens (tertiary/aromatic N) is 3. The fourth-order valence-electron chi connectivity index (χ4n) is 3.65. The minimum absolute atomic E-state index is 0.0573. The van der Waals surface area contributed by atoms with Crippen LogP contribution in [-0.4, -0.2) is 42.2 Å². The summed E-state index contributed by atoms with van der Waals surface area (Å²) in [6.45, 7) is 11.5. The highest BCUT2D eigenvalue weighted by molar-refractivity contribution is 6.04. The van der Waals surface area contributed by atoms with E-state index in [1.165, 1.54) is 5.56 Å². The van der Waals surface area contributed by atoms with Gasteiger partial charge < -0.3 is 20.3 Å². The van der Waals surface area contributed by atoms with Gasteiger partial charge in [-0.1, -0.05) is 32.9 Å². The molecular formula is C26H31N5O2. The topological polar surface area (TPSA) is 79.4 Å². The van der Waals surface area contributed by atoms with Gasteiger partial charge in [0, 0.05) is 41.8 Å². The summed E-state index contributed by atoms with van der Waals surface area (Å²) in [5.41, 5.74) is 4.36. The van der Waals surface area contributed by atoms with Gasteiger partial charge in [-0.2, -0.15) is 4.98 Å². The Bertz CT molecular complexity index is 1100. The second-order valence-corrected chi connectivity index (χ2v) is 9.27. The minimum Gasteiger partial charge on any atom is -0.378 e. The van der Waals surface area contributed by atoms with E-state index in [9.17, 15) is 4.79 Å². The zero-order chi connectivity index (χ0) is 23.4. The lowest BCUT2D eigenvalue weighted by atomic mass is 9.87. The van der Waals surface area contributed by atoms with E-state index in [1.54, 1.807) is 0 Å². The van der Waals surface area contributed by atoms with Crippen molar-refractivity contribution >= 4 is 29.0 Å². The number of carbonyl (C=O) groups excluding carboxylic acids is 1.